The van der Waals surface area contributed by atoms with E-state index in [4.69, 9.17) is 0 Å². The monoisotopic (exact) mass is 367 g/mol. The molecule has 0 saturated heterocycles. The fourth-order valence-electron chi connectivity index (χ4n) is 2.52. The number of hydrogen-bond donors (Lipinski definition) is 2. The molecule has 6 nitrogen and oxygen atoms in total. The topological polar surface area (TPSA) is 79.8 Å². The summed E-state index contributed by atoms with van der Waals surface area (Å²) in [6, 6.07) is 9.79. The van der Waals surface area contributed by atoms with Gasteiger partial charge in [0.15, 0.2) is 5.13 Å². The fourth-order valence-corrected chi connectivity index (χ4v) is 3.22. The molecule has 1 amide bonds. The van der Waals surface area contributed by atoms with Crippen LogP contribution in [-0.4, -0.2) is 20.9 Å². The van der Waals surface area contributed by atoms with E-state index in [-0.39, 0.29) is 12.3 Å². The summed E-state index contributed by atoms with van der Waals surface area (Å²) in [6.45, 7) is 5.94. The van der Waals surface area contributed by atoms with E-state index in [1.807, 2.05) is 49.6 Å². The zero-order chi connectivity index (χ0) is 18.5. The van der Waals surface area contributed by atoms with Crippen LogP contribution in [0, 0.1) is 13.8 Å². The van der Waals surface area contributed by atoms with Crippen molar-refractivity contribution in [3.05, 3.63) is 58.4 Å². The molecule has 0 aliphatic heterocycles. The highest BCUT2D eigenvalue weighted by Crippen LogP contribution is 2.20. The van der Waals surface area contributed by atoms with Crippen molar-refractivity contribution >= 4 is 34.0 Å². The number of nitrogens with zero attached hydrogens (tertiary/aromatic N) is 3. The Balaban J connectivity index is 1.59. The fraction of sp³-hybridized carbons (Fsp3) is 0.263. The first-order valence-electron chi connectivity index (χ1n) is 8.44. The number of carbonyl (C=O) groups is 1. The summed E-state index contributed by atoms with van der Waals surface area (Å²) in [7, 11) is 0. The van der Waals surface area contributed by atoms with Crippen LogP contribution in [0.1, 0.15) is 29.6 Å². The molecule has 3 aromatic rings. The molecule has 0 spiro atoms. The average Bonchev–Trinajstić information content (AvgIpc) is 3.01. The first-order chi connectivity index (χ1) is 12.5. The largest absolute Gasteiger partial charge is 0.326 e. The molecule has 0 aliphatic carbocycles. The van der Waals surface area contributed by atoms with Gasteiger partial charge in [0.1, 0.15) is 0 Å². The number of carbonyl (C=O) groups excluding carboxylic acids is 1. The van der Waals surface area contributed by atoms with Gasteiger partial charge in [-0.25, -0.2) is 15.0 Å². The third-order valence-corrected chi connectivity index (χ3v) is 4.55. The molecule has 7 heteroatoms. The Morgan fingerprint density at radius 3 is 2.42 bits per heavy atom. The van der Waals surface area contributed by atoms with Crippen molar-refractivity contribution in [2.75, 3.05) is 10.6 Å². The lowest BCUT2D eigenvalue weighted by Gasteiger charge is -2.05. The SMILES string of the molecule is CCc1ccc(NC(=O)Cc2csc(Nc3nc(C)cc(C)n3)n2)cc1. The van der Waals surface area contributed by atoms with Crippen molar-refractivity contribution < 1.29 is 4.79 Å². The van der Waals surface area contributed by atoms with Gasteiger partial charge in [0.05, 0.1) is 12.1 Å². The van der Waals surface area contributed by atoms with Crippen LogP contribution in [0.25, 0.3) is 0 Å². The molecule has 26 heavy (non-hydrogen) atoms. The highest BCUT2D eigenvalue weighted by atomic mass is 32.1. The minimum absolute atomic E-state index is 0.0891. The molecule has 0 bridgehead atoms. The first-order valence-corrected chi connectivity index (χ1v) is 9.32. The second-order valence-corrected chi connectivity index (χ2v) is 6.88. The van der Waals surface area contributed by atoms with Gasteiger partial charge in [0, 0.05) is 22.5 Å². The molecule has 0 radical (unpaired) electrons. The van der Waals surface area contributed by atoms with E-state index in [2.05, 4.69) is 32.5 Å². The number of benzene rings is 1. The summed E-state index contributed by atoms with van der Waals surface area (Å²) < 4.78 is 0. The van der Waals surface area contributed by atoms with Crippen LogP contribution in [0.15, 0.2) is 35.7 Å². The minimum Gasteiger partial charge on any atom is -0.326 e. The average molecular weight is 367 g/mol. The molecule has 0 unspecified atom stereocenters. The Morgan fingerprint density at radius 1 is 1.08 bits per heavy atom. The van der Waals surface area contributed by atoms with E-state index in [1.165, 1.54) is 16.9 Å². The predicted octanol–water partition coefficient (Wildman–Crippen LogP) is 4.04. The normalized spacial score (nSPS) is 10.6. The summed E-state index contributed by atoms with van der Waals surface area (Å²) >= 11 is 1.43. The lowest BCUT2D eigenvalue weighted by atomic mass is 10.1. The maximum atomic E-state index is 12.2. The molecular formula is C19H21N5OS. The third-order valence-electron chi connectivity index (χ3n) is 3.74. The van der Waals surface area contributed by atoms with Crippen LogP contribution in [0.2, 0.25) is 0 Å². The number of hydrogen-bond acceptors (Lipinski definition) is 6. The summed E-state index contributed by atoms with van der Waals surface area (Å²) in [5.41, 5.74) is 4.54. The lowest BCUT2D eigenvalue weighted by Crippen LogP contribution is -2.14. The van der Waals surface area contributed by atoms with Crippen molar-refractivity contribution in [3.63, 3.8) is 0 Å². The summed E-state index contributed by atoms with van der Waals surface area (Å²) in [5, 5.41) is 8.53. The van der Waals surface area contributed by atoms with E-state index in [1.54, 1.807) is 0 Å². The summed E-state index contributed by atoms with van der Waals surface area (Å²) in [4.78, 5) is 25.3. The van der Waals surface area contributed by atoms with Crippen LogP contribution in [-0.2, 0) is 17.6 Å². The molecule has 2 aromatic heterocycles. The smallest absolute Gasteiger partial charge is 0.230 e. The summed E-state index contributed by atoms with van der Waals surface area (Å²) in [5.74, 6) is 0.428. The van der Waals surface area contributed by atoms with Gasteiger partial charge in [-0.1, -0.05) is 19.1 Å². The zero-order valence-electron chi connectivity index (χ0n) is 15.0. The number of amides is 1. The van der Waals surface area contributed by atoms with Crippen molar-refractivity contribution in [3.8, 4) is 0 Å². The van der Waals surface area contributed by atoms with Gasteiger partial charge in [-0.2, -0.15) is 0 Å². The highest BCUT2D eigenvalue weighted by molar-refractivity contribution is 7.13. The number of thiazole rings is 1. The molecule has 0 saturated carbocycles. The van der Waals surface area contributed by atoms with E-state index in [0.717, 1.165) is 23.5 Å². The Hall–Kier alpha value is -2.80. The maximum absolute atomic E-state index is 12.2. The van der Waals surface area contributed by atoms with Gasteiger partial charge < -0.3 is 10.6 Å². The van der Waals surface area contributed by atoms with E-state index >= 15 is 0 Å². The van der Waals surface area contributed by atoms with Crippen molar-refractivity contribution in [1.82, 2.24) is 15.0 Å². The maximum Gasteiger partial charge on any atom is 0.230 e. The van der Waals surface area contributed by atoms with Gasteiger partial charge in [-0.3, -0.25) is 4.79 Å². The van der Waals surface area contributed by atoms with Crippen molar-refractivity contribution in [2.24, 2.45) is 0 Å². The van der Waals surface area contributed by atoms with Gasteiger partial charge in [0.25, 0.3) is 0 Å². The van der Waals surface area contributed by atoms with E-state index in [0.29, 0.717) is 16.8 Å². The number of aromatic nitrogens is 3. The number of rotatable bonds is 6. The van der Waals surface area contributed by atoms with Crippen LogP contribution >= 0.6 is 11.3 Å². The van der Waals surface area contributed by atoms with Crippen LogP contribution < -0.4 is 10.6 Å². The van der Waals surface area contributed by atoms with Crippen molar-refractivity contribution in [2.45, 2.75) is 33.6 Å². The van der Waals surface area contributed by atoms with Crippen molar-refractivity contribution in [1.29, 1.82) is 0 Å². The second kappa shape index (κ2) is 8.05. The number of anilines is 3. The van der Waals surface area contributed by atoms with Gasteiger partial charge in [0.2, 0.25) is 11.9 Å². The number of aryl methyl sites for hydroxylation is 3. The Bertz CT molecular complexity index is 884. The molecule has 0 atom stereocenters. The molecule has 2 heterocycles. The predicted molar refractivity (Wildman–Crippen MR) is 105 cm³/mol. The second-order valence-electron chi connectivity index (χ2n) is 6.02. The number of nitrogens with one attached hydrogen (secondary N) is 2. The molecule has 0 aliphatic rings. The van der Waals surface area contributed by atoms with Crippen LogP contribution in [0.4, 0.5) is 16.8 Å². The molecule has 1 aromatic carbocycles. The third kappa shape index (κ3) is 4.86. The van der Waals surface area contributed by atoms with E-state index < -0.39 is 0 Å². The quantitative estimate of drug-likeness (QED) is 0.687. The van der Waals surface area contributed by atoms with Crippen LogP contribution in [0.5, 0.6) is 0 Å². The van der Waals surface area contributed by atoms with Gasteiger partial charge in [-0.15, -0.1) is 11.3 Å². The molecule has 134 valence electrons. The van der Waals surface area contributed by atoms with Gasteiger partial charge in [-0.05, 0) is 44.0 Å². The summed E-state index contributed by atoms with van der Waals surface area (Å²) in [6.07, 6.45) is 1.20. The standard InChI is InChI=1S/C19H21N5OS/c1-4-14-5-7-15(8-6-14)22-17(25)10-16-11-26-19(23-16)24-18-20-12(2)9-13(3)21-18/h5-9,11H,4,10H2,1-3H3,(H,22,25)(H,20,21,23,24). The first kappa shape index (κ1) is 18.0. The van der Waals surface area contributed by atoms with Crippen LogP contribution in [0.3, 0.4) is 0 Å². The zero-order valence-corrected chi connectivity index (χ0v) is 15.9. The Morgan fingerprint density at radius 2 is 1.77 bits per heavy atom. The Kier molecular flexibility index (Phi) is 5.58. The lowest BCUT2D eigenvalue weighted by molar-refractivity contribution is -0.115. The highest BCUT2D eigenvalue weighted by Gasteiger charge is 2.09. The molecule has 2 N–H and O–H groups in total. The Labute approximate surface area is 156 Å². The van der Waals surface area contributed by atoms with E-state index in [9.17, 15) is 4.79 Å². The molecular weight excluding hydrogens is 346 g/mol. The molecule has 0 fully saturated rings. The minimum atomic E-state index is -0.0891. The van der Waals surface area contributed by atoms with Gasteiger partial charge >= 0.3 is 0 Å². The molecule has 3 rings (SSSR count).